The van der Waals surface area contributed by atoms with E-state index in [9.17, 15) is 4.79 Å². The van der Waals surface area contributed by atoms with Crippen LogP contribution in [0.25, 0.3) is 0 Å². The third kappa shape index (κ3) is 3.94. The molecular formula is C14H18BrNO3. The van der Waals surface area contributed by atoms with Gasteiger partial charge in [0.15, 0.2) is 0 Å². The van der Waals surface area contributed by atoms with Gasteiger partial charge in [0.2, 0.25) is 0 Å². The maximum absolute atomic E-state index is 10.7. The number of hydrogen-bond acceptors (Lipinski definition) is 3. The van der Waals surface area contributed by atoms with Crippen molar-refractivity contribution in [3.8, 4) is 5.75 Å². The maximum atomic E-state index is 10.7. The molecule has 4 nitrogen and oxygen atoms in total. The number of ether oxygens (including phenoxy) is 1. The largest absolute Gasteiger partial charge is 0.496 e. The molecule has 1 heterocycles. The monoisotopic (exact) mass is 327 g/mol. The van der Waals surface area contributed by atoms with Gasteiger partial charge in [0.05, 0.1) is 7.11 Å². The number of methoxy groups -OCH3 is 1. The molecular weight excluding hydrogens is 310 g/mol. The summed E-state index contributed by atoms with van der Waals surface area (Å²) in [6.45, 7) is 2.61. The number of hydrogen-bond donors (Lipinski definition) is 1. The Kier molecular flexibility index (Phi) is 4.82. The lowest BCUT2D eigenvalue weighted by Gasteiger charge is -2.18. The van der Waals surface area contributed by atoms with Crippen molar-refractivity contribution in [2.24, 2.45) is 5.92 Å². The Balaban J connectivity index is 1.98. The number of nitrogens with zero attached hydrogens (tertiary/aromatic N) is 1. The highest BCUT2D eigenvalue weighted by molar-refractivity contribution is 9.10. The molecule has 104 valence electrons. The zero-order chi connectivity index (χ0) is 13.8. The molecule has 0 spiro atoms. The molecule has 1 aromatic carbocycles. The van der Waals surface area contributed by atoms with Crippen LogP contribution in [0.4, 0.5) is 0 Å². The summed E-state index contributed by atoms with van der Waals surface area (Å²) >= 11 is 3.47. The summed E-state index contributed by atoms with van der Waals surface area (Å²) in [6.07, 6.45) is 1.23. The number of benzene rings is 1. The van der Waals surface area contributed by atoms with Crippen LogP contribution in [-0.4, -0.2) is 36.2 Å². The van der Waals surface area contributed by atoms with Gasteiger partial charge < -0.3 is 9.84 Å². The summed E-state index contributed by atoms with van der Waals surface area (Å²) in [5.41, 5.74) is 1.13. The molecule has 1 atom stereocenters. The lowest BCUT2D eigenvalue weighted by molar-refractivity contribution is -0.138. The zero-order valence-electron chi connectivity index (χ0n) is 10.9. The average Bonchev–Trinajstić information content (AvgIpc) is 2.76. The Hall–Kier alpha value is -1.07. The second kappa shape index (κ2) is 6.39. The zero-order valence-corrected chi connectivity index (χ0v) is 12.5. The number of likely N-dealkylation sites (tertiary alicyclic amines) is 1. The summed E-state index contributed by atoms with van der Waals surface area (Å²) in [6, 6.07) is 5.97. The Morgan fingerprint density at radius 3 is 3.05 bits per heavy atom. The molecule has 1 fully saturated rings. The minimum absolute atomic E-state index is 0.270. The van der Waals surface area contributed by atoms with Crippen molar-refractivity contribution in [3.05, 3.63) is 28.2 Å². The van der Waals surface area contributed by atoms with E-state index in [-0.39, 0.29) is 12.3 Å². The lowest BCUT2D eigenvalue weighted by Crippen LogP contribution is -2.21. The molecule has 2 rings (SSSR count). The molecule has 0 radical (unpaired) electrons. The second-order valence-corrected chi connectivity index (χ2v) is 5.86. The molecule has 0 aliphatic carbocycles. The SMILES string of the molecule is COc1ccc(Br)cc1CN1CCC(CC(=O)O)C1. The number of carboxylic acid groups (broad SMARTS) is 1. The van der Waals surface area contributed by atoms with Crippen molar-refractivity contribution in [1.29, 1.82) is 0 Å². The van der Waals surface area contributed by atoms with Gasteiger partial charge in [-0.25, -0.2) is 0 Å². The molecule has 1 saturated heterocycles. The van der Waals surface area contributed by atoms with Gasteiger partial charge in [0.25, 0.3) is 0 Å². The quantitative estimate of drug-likeness (QED) is 0.903. The van der Waals surface area contributed by atoms with E-state index in [0.717, 1.165) is 41.8 Å². The molecule has 1 aliphatic rings. The minimum Gasteiger partial charge on any atom is -0.496 e. The molecule has 0 saturated carbocycles. The van der Waals surface area contributed by atoms with Crippen LogP contribution in [0.3, 0.4) is 0 Å². The number of halogens is 1. The smallest absolute Gasteiger partial charge is 0.303 e. The standard InChI is InChI=1S/C14H18BrNO3/c1-19-13-3-2-12(15)7-11(13)9-16-5-4-10(8-16)6-14(17)18/h2-3,7,10H,4-6,8-9H2,1H3,(H,17,18). The first-order chi connectivity index (χ1) is 9.08. The van der Waals surface area contributed by atoms with Crippen molar-refractivity contribution < 1.29 is 14.6 Å². The number of rotatable bonds is 5. The molecule has 0 bridgehead atoms. The van der Waals surface area contributed by atoms with Crippen LogP contribution in [0, 0.1) is 5.92 Å². The van der Waals surface area contributed by atoms with Gasteiger partial charge in [-0.05, 0) is 37.1 Å². The van der Waals surface area contributed by atoms with Crippen LogP contribution in [0.2, 0.25) is 0 Å². The summed E-state index contributed by atoms with van der Waals surface area (Å²) in [4.78, 5) is 13.0. The van der Waals surface area contributed by atoms with Gasteiger partial charge in [-0.2, -0.15) is 0 Å². The minimum atomic E-state index is -0.702. The average molecular weight is 328 g/mol. The topological polar surface area (TPSA) is 49.8 Å². The second-order valence-electron chi connectivity index (χ2n) is 4.94. The van der Waals surface area contributed by atoms with E-state index in [0.29, 0.717) is 0 Å². The predicted molar refractivity (Wildman–Crippen MR) is 76.3 cm³/mol. The van der Waals surface area contributed by atoms with Crippen LogP contribution in [-0.2, 0) is 11.3 Å². The van der Waals surface area contributed by atoms with Gasteiger partial charge in [0, 0.05) is 29.5 Å². The first kappa shape index (κ1) is 14.3. The first-order valence-corrected chi connectivity index (χ1v) is 7.14. The van der Waals surface area contributed by atoms with Gasteiger partial charge in [-0.3, -0.25) is 9.69 Å². The lowest BCUT2D eigenvalue weighted by atomic mass is 10.1. The maximum Gasteiger partial charge on any atom is 0.303 e. The molecule has 1 N–H and O–H groups in total. The number of carbonyl (C=O) groups is 1. The number of carboxylic acids is 1. The summed E-state index contributed by atoms with van der Waals surface area (Å²) < 4.78 is 6.39. The predicted octanol–water partition coefficient (Wildman–Crippen LogP) is 2.75. The van der Waals surface area contributed by atoms with Crippen LogP contribution >= 0.6 is 15.9 Å². The van der Waals surface area contributed by atoms with E-state index in [1.165, 1.54) is 0 Å². The van der Waals surface area contributed by atoms with Crippen molar-refractivity contribution >= 4 is 21.9 Å². The van der Waals surface area contributed by atoms with E-state index < -0.39 is 5.97 Å². The highest BCUT2D eigenvalue weighted by atomic mass is 79.9. The van der Waals surface area contributed by atoms with Crippen molar-refractivity contribution in [2.75, 3.05) is 20.2 Å². The van der Waals surface area contributed by atoms with Gasteiger partial charge >= 0.3 is 5.97 Å². The molecule has 1 aliphatic heterocycles. The highest BCUT2D eigenvalue weighted by Crippen LogP contribution is 2.27. The molecule has 19 heavy (non-hydrogen) atoms. The summed E-state index contributed by atoms with van der Waals surface area (Å²) in [7, 11) is 1.67. The van der Waals surface area contributed by atoms with Crippen LogP contribution < -0.4 is 4.74 Å². The highest BCUT2D eigenvalue weighted by Gasteiger charge is 2.25. The molecule has 0 amide bonds. The fourth-order valence-electron chi connectivity index (χ4n) is 2.58. The van der Waals surface area contributed by atoms with E-state index in [4.69, 9.17) is 9.84 Å². The number of aliphatic carboxylic acids is 1. The fraction of sp³-hybridized carbons (Fsp3) is 0.500. The van der Waals surface area contributed by atoms with Gasteiger partial charge in [0.1, 0.15) is 5.75 Å². The first-order valence-electron chi connectivity index (χ1n) is 6.35. The van der Waals surface area contributed by atoms with Gasteiger partial charge in [-0.15, -0.1) is 0 Å². The normalized spacial score (nSPS) is 19.6. The fourth-order valence-corrected chi connectivity index (χ4v) is 2.99. The van der Waals surface area contributed by atoms with E-state index in [2.05, 4.69) is 26.9 Å². The van der Waals surface area contributed by atoms with Gasteiger partial charge in [-0.1, -0.05) is 15.9 Å². The third-order valence-corrected chi connectivity index (χ3v) is 3.96. The Morgan fingerprint density at radius 1 is 1.58 bits per heavy atom. The van der Waals surface area contributed by atoms with Crippen molar-refractivity contribution in [3.63, 3.8) is 0 Å². The Morgan fingerprint density at radius 2 is 2.37 bits per heavy atom. The summed E-state index contributed by atoms with van der Waals surface area (Å²) in [5, 5.41) is 8.82. The summed E-state index contributed by atoms with van der Waals surface area (Å²) in [5.74, 6) is 0.451. The Bertz CT molecular complexity index is 464. The van der Waals surface area contributed by atoms with Crippen LogP contribution in [0.1, 0.15) is 18.4 Å². The molecule has 1 unspecified atom stereocenters. The third-order valence-electron chi connectivity index (χ3n) is 3.47. The molecule has 5 heteroatoms. The van der Waals surface area contributed by atoms with E-state index in [1.807, 2.05) is 12.1 Å². The van der Waals surface area contributed by atoms with Crippen molar-refractivity contribution in [1.82, 2.24) is 4.90 Å². The van der Waals surface area contributed by atoms with E-state index in [1.54, 1.807) is 7.11 Å². The van der Waals surface area contributed by atoms with Crippen LogP contribution in [0.15, 0.2) is 22.7 Å². The Labute approximate surface area is 121 Å². The van der Waals surface area contributed by atoms with Crippen molar-refractivity contribution in [2.45, 2.75) is 19.4 Å². The molecule has 0 aromatic heterocycles. The molecule has 1 aromatic rings. The van der Waals surface area contributed by atoms with Crippen LogP contribution in [0.5, 0.6) is 5.75 Å². The van der Waals surface area contributed by atoms with E-state index >= 15 is 0 Å².